The SMILES string of the molecule is CCNC(=NCC(C)(O)c1ccco1)N1CCN(C2CC2)C(=O)C1.I. The molecule has 0 radical (unpaired) electrons. The minimum Gasteiger partial charge on any atom is -0.466 e. The van der Waals surface area contributed by atoms with Gasteiger partial charge in [0.05, 0.1) is 19.4 Å². The Morgan fingerprint density at radius 3 is 2.80 bits per heavy atom. The molecule has 140 valence electrons. The van der Waals surface area contributed by atoms with Crippen molar-refractivity contribution in [3.63, 3.8) is 0 Å². The van der Waals surface area contributed by atoms with Gasteiger partial charge in [-0.1, -0.05) is 0 Å². The quantitative estimate of drug-likeness (QED) is 0.393. The summed E-state index contributed by atoms with van der Waals surface area (Å²) in [5.74, 6) is 1.30. The number of furan rings is 1. The van der Waals surface area contributed by atoms with Gasteiger partial charge in [-0.25, -0.2) is 4.99 Å². The highest BCUT2D eigenvalue weighted by Gasteiger charge is 2.36. The van der Waals surface area contributed by atoms with Crippen LogP contribution < -0.4 is 5.32 Å². The number of hydrogen-bond donors (Lipinski definition) is 2. The van der Waals surface area contributed by atoms with E-state index in [1.54, 1.807) is 19.1 Å². The van der Waals surface area contributed by atoms with Gasteiger partial charge in [-0.2, -0.15) is 0 Å². The molecule has 2 heterocycles. The molecule has 0 bridgehead atoms. The number of halogens is 1. The van der Waals surface area contributed by atoms with Crippen LogP contribution >= 0.6 is 24.0 Å². The summed E-state index contributed by atoms with van der Waals surface area (Å²) in [5.41, 5.74) is -1.18. The lowest BCUT2D eigenvalue weighted by Crippen LogP contribution is -2.56. The van der Waals surface area contributed by atoms with E-state index < -0.39 is 5.60 Å². The third-order valence-corrected chi connectivity index (χ3v) is 4.47. The molecule has 25 heavy (non-hydrogen) atoms. The number of hydrogen-bond acceptors (Lipinski definition) is 4. The van der Waals surface area contributed by atoms with Crippen LogP contribution in [0.4, 0.5) is 0 Å². The van der Waals surface area contributed by atoms with E-state index in [0.717, 1.165) is 25.9 Å². The predicted molar refractivity (Wildman–Crippen MR) is 106 cm³/mol. The van der Waals surface area contributed by atoms with Crippen LogP contribution in [0, 0.1) is 0 Å². The number of nitrogens with zero attached hydrogens (tertiary/aromatic N) is 3. The molecule has 8 heteroatoms. The zero-order valence-electron chi connectivity index (χ0n) is 14.8. The van der Waals surface area contributed by atoms with Crippen LogP contribution in [0.3, 0.4) is 0 Å². The maximum atomic E-state index is 12.3. The molecule has 3 rings (SSSR count). The Kier molecular flexibility index (Phi) is 6.72. The molecule has 2 aliphatic rings. The molecule has 1 atom stereocenters. The van der Waals surface area contributed by atoms with Gasteiger partial charge >= 0.3 is 0 Å². The molecule has 1 aliphatic carbocycles. The molecule has 1 aromatic rings. The van der Waals surface area contributed by atoms with E-state index in [-0.39, 0.29) is 36.4 Å². The number of amides is 1. The summed E-state index contributed by atoms with van der Waals surface area (Å²) in [6, 6.07) is 3.94. The van der Waals surface area contributed by atoms with E-state index >= 15 is 0 Å². The lowest BCUT2D eigenvalue weighted by atomic mass is 10.0. The number of aliphatic hydroxyl groups is 1. The minimum atomic E-state index is -1.18. The molecule has 2 N–H and O–H groups in total. The Morgan fingerprint density at radius 2 is 2.24 bits per heavy atom. The van der Waals surface area contributed by atoms with Gasteiger partial charge in [0.1, 0.15) is 11.4 Å². The summed E-state index contributed by atoms with van der Waals surface area (Å²) in [6.45, 7) is 6.38. The highest BCUT2D eigenvalue weighted by molar-refractivity contribution is 14.0. The number of guanidine groups is 1. The van der Waals surface area contributed by atoms with Crippen LogP contribution in [0.25, 0.3) is 0 Å². The molecule has 1 saturated carbocycles. The zero-order valence-corrected chi connectivity index (χ0v) is 17.1. The number of nitrogens with one attached hydrogen (secondary N) is 1. The van der Waals surface area contributed by atoms with Crippen LogP contribution in [0.5, 0.6) is 0 Å². The normalized spacial score (nSPS) is 20.9. The zero-order chi connectivity index (χ0) is 17.2. The van der Waals surface area contributed by atoms with Crippen molar-refractivity contribution < 1.29 is 14.3 Å². The average molecular weight is 462 g/mol. The first-order chi connectivity index (χ1) is 11.5. The van der Waals surface area contributed by atoms with E-state index in [2.05, 4.69) is 10.3 Å². The first-order valence-electron chi connectivity index (χ1n) is 8.60. The van der Waals surface area contributed by atoms with Crippen LogP contribution in [-0.2, 0) is 10.4 Å². The van der Waals surface area contributed by atoms with Crippen LogP contribution in [0.15, 0.2) is 27.8 Å². The van der Waals surface area contributed by atoms with Gasteiger partial charge in [0, 0.05) is 25.7 Å². The smallest absolute Gasteiger partial charge is 0.242 e. The molecule has 1 aliphatic heterocycles. The highest BCUT2D eigenvalue weighted by Crippen LogP contribution is 2.28. The molecule has 1 aromatic heterocycles. The molecule has 7 nitrogen and oxygen atoms in total. The molecule has 2 fully saturated rings. The van der Waals surface area contributed by atoms with Gasteiger partial charge in [0.25, 0.3) is 0 Å². The number of aliphatic imine (C=N–C) groups is 1. The topological polar surface area (TPSA) is 81.3 Å². The number of piperazine rings is 1. The fraction of sp³-hybridized carbons (Fsp3) is 0.647. The Hall–Kier alpha value is -1.29. The second-order valence-corrected chi connectivity index (χ2v) is 6.66. The van der Waals surface area contributed by atoms with E-state index in [1.165, 1.54) is 6.26 Å². The van der Waals surface area contributed by atoms with E-state index in [9.17, 15) is 9.90 Å². The molecular formula is C17H27IN4O3. The van der Waals surface area contributed by atoms with Crippen LogP contribution in [0.2, 0.25) is 0 Å². The van der Waals surface area contributed by atoms with Gasteiger partial charge in [-0.15, -0.1) is 24.0 Å². The van der Waals surface area contributed by atoms with E-state index in [1.807, 2.05) is 16.7 Å². The lowest BCUT2D eigenvalue weighted by molar-refractivity contribution is -0.135. The molecule has 1 amide bonds. The average Bonchev–Trinajstić information content (AvgIpc) is 3.23. The Bertz CT molecular complexity index is 599. The van der Waals surface area contributed by atoms with Crippen LogP contribution in [0.1, 0.15) is 32.4 Å². The summed E-state index contributed by atoms with van der Waals surface area (Å²) >= 11 is 0. The van der Waals surface area contributed by atoms with Gasteiger partial charge in [0.2, 0.25) is 5.91 Å². The van der Waals surface area contributed by atoms with Gasteiger partial charge in [0.15, 0.2) is 5.96 Å². The summed E-state index contributed by atoms with van der Waals surface area (Å²) in [4.78, 5) is 20.8. The maximum absolute atomic E-state index is 12.3. The first-order valence-corrected chi connectivity index (χ1v) is 8.60. The van der Waals surface area contributed by atoms with Crippen molar-refractivity contribution in [3.8, 4) is 0 Å². The van der Waals surface area contributed by atoms with Crippen molar-refractivity contribution in [1.29, 1.82) is 0 Å². The molecule has 0 spiro atoms. The summed E-state index contributed by atoms with van der Waals surface area (Å²) in [5, 5.41) is 13.8. The standard InChI is InChI=1S/C17H26N4O3.HI/c1-3-18-16(19-12-17(2,23)14-5-4-10-24-14)20-8-9-21(13-6-7-13)15(22)11-20;/h4-5,10,13,23H,3,6-9,11-12H2,1-2H3,(H,18,19);1H. The van der Waals surface area contributed by atoms with Gasteiger partial charge < -0.3 is 24.6 Å². The van der Waals surface area contributed by atoms with Gasteiger partial charge in [-0.3, -0.25) is 4.79 Å². The maximum Gasteiger partial charge on any atom is 0.242 e. The molecule has 1 unspecified atom stereocenters. The van der Waals surface area contributed by atoms with Crippen molar-refractivity contribution in [1.82, 2.24) is 15.1 Å². The Balaban J connectivity index is 0.00000225. The van der Waals surface area contributed by atoms with E-state index in [4.69, 9.17) is 4.42 Å². The fourth-order valence-electron chi connectivity index (χ4n) is 2.96. The molecule has 1 saturated heterocycles. The minimum absolute atomic E-state index is 0. The Morgan fingerprint density at radius 1 is 1.48 bits per heavy atom. The monoisotopic (exact) mass is 462 g/mol. The second kappa shape index (κ2) is 8.39. The van der Waals surface area contributed by atoms with Crippen molar-refractivity contribution >= 4 is 35.8 Å². The van der Waals surface area contributed by atoms with Crippen molar-refractivity contribution in [3.05, 3.63) is 24.2 Å². The summed E-state index contributed by atoms with van der Waals surface area (Å²) in [7, 11) is 0. The number of rotatable bonds is 5. The van der Waals surface area contributed by atoms with Gasteiger partial charge in [-0.05, 0) is 38.8 Å². The largest absolute Gasteiger partial charge is 0.466 e. The Labute approximate surface area is 165 Å². The predicted octanol–water partition coefficient (Wildman–Crippen LogP) is 1.38. The molecular weight excluding hydrogens is 435 g/mol. The number of carbonyl (C=O) groups excluding carboxylic acids is 1. The van der Waals surface area contributed by atoms with Crippen molar-refractivity contribution in [2.45, 2.75) is 38.3 Å². The molecule has 0 aromatic carbocycles. The van der Waals surface area contributed by atoms with Crippen LogP contribution in [-0.4, -0.2) is 65.5 Å². The third kappa shape index (κ3) is 4.87. The summed E-state index contributed by atoms with van der Waals surface area (Å²) in [6.07, 6.45) is 3.80. The van der Waals surface area contributed by atoms with Crippen molar-refractivity contribution in [2.24, 2.45) is 4.99 Å². The third-order valence-electron chi connectivity index (χ3n) is 4.47. The second-order valence-electron chi connectivity index (χ2n) is 6.66. The van der Waals surface area contributed by atoms with Crippen molar-refractivity contribution in [2.75, 3.05) is 32.7 Å². The summed E-state index contributed by atoms with van der Waals surface area (Å²) < 4.78 is 5.29. The fourth-order valence-corrected chi connectivity index (χ4v) is 2.96. The first kappa shape index (κ1) is 20.0. The highest BCUT2D eigenvalue weighted by atomic mass is 127. The lowest BCUT2D eigenvalue weighted by Gasteiger charge is -2.36. The van der Waals surface area contributed by atoms with E-state index in [0.29, 0.717) is 30.9 Å². The number of carbonyl (C=O) groups is 1.